The van der Waals surface area contributed by atoms with Gasteiger partial charge in [-0.25, -0.2) is 4.98 Å². The Balaban J connectivity index is 1.58. The monoisotopic (exact) mass is 456 g/mol. The van der Waals surface area contributed by atoms with Gasteiger partial charge >= 0.3 is 0 Å². The van der Waals surface area contributed by atoms with Gasteiger partial charge in [-0.05, 0) is 42.8 Å². The summed E-state index contributed by atoms with van der Waals surface area (Å²) in [5.41, 5.74) is 1.75. The Bertz CT molecular complexity index is 1050. The highest BCUT2D eigenvalue weighted by atomic mass is 35.5. The highest BCUT2D eigenvalue weighted by Crippen LogP contribution is 2.17. The highest BCUT2D eigenvalue weighted by Gasteiger charge is 2.16. The summed E-state index contributed by atoms with van der Waals surface area (Å²) in [5, 5.41) is 3.46. The van der Waals surface area contributed by atoms with Crippen LogP contribution in [-0.4, -0.2) is 53.0 Å². The van der Waals surface area contributed by atoms with E-state index >= 15 is 0 Å². The average molecular weight is 457 g/mol. The summed E-state index contributed by atoms with van der Waals surface area (Å²) in [5.74, 6) is 1.17. The Hall–Kier alpha value is -3.06. The topological polar surface area (TPSA) is 76.5 Å². The Morgan fingerprint density at radius 1 is 1.16 bits per heavy atom. The molecule has 0 spiro atoms. The van der Waals surface area contributed by atoms with Gasteiger partial charge in [0.2, 0.25) is 5.91 Å². The van der Waals surface area contributed by atoms with E-state index in [0.29, 0.717) is 23.7 Å². The van der Waals surface area contributed by atoms with Crippen LogP contribution in [0.1, 0.15) is 25.6 Å². The first-order valence-corrected chi connectivity index (χ1v) is 11.2. The summed E-state index contributed by atoms with van der Waals surface area (Å²) in [6.07, 6.45) is 2.52. The molecular weight excluding hydrogens is 428 g/mol. The van der Waals surface area contributed by atoms with Gasteiger partial charge in [-0.15, -0.1) is 0 Å². The summed E-state index contributed by atoms with van der Waals surface area (Å²) in [6, 6.07) is 14.6. The van der Waals surface area contributed by atoms with E-state index < -0.39 is 0 Å². The molecule has 0 unspecified atom stereocenters. The number of ether oxygens (including phenoxy) is 1. The van der Waals surface area contributed by atoms with Gasteiger partial charge in [0.05, 0.1) is 11.0 Å². The third-order valence-corrected chi connectivity index (χ3v) is 5.41. The van der Waals surface area contributed by atoms with Crippen LogP contribution in [0.15, 0.2) is 48.5 Å². The zero-order valence-electron chi connectivity index (χ0n) is 18.5. The maximum atomic E-state index is 12.7. The van der Waals surface area contributed by atoms with Crippen LogP contribution in [-0.2, 0) is 22.6 Å². The minimum atomic E-state index is -0.224. The summed E-state index contributed by atoms with van der Waals surface area (Å²) in [6.45, 7) is 3.38. The maximum Gasteiger partial charge on any atom is 0.257 e. The fourth-order valence-corrected chi connectivity index (χ4v) is 3.44. The number of nitrogens with zero attached hydrogens (tertiary/aromatic N) is 3. The minimum Gasteiger partial charge on any atom is -0.484 e. The standard InChI is InChI=1S/C24H29ClN4O3/c1-3-4-15-28(2)24(31)16-29-21-8-6-5-7-20(21)27-22(29)13-14-26-23(30)17-32-19-11-9-18(25)10-12-19/h5-12H,3-4,13-17H2,1-2H3,(H,26,30). The van der Waals surface area contributed by atoms with E-state index in [1.807, 2.05) is 35.9 Å². The molecule has 2 aromatic carbocycles. The van der Waals surface area contributed by atoms with Crippen molar-refractivity contribution in [2.45, 2.75) is 32.7 Å². The number of unbranched alkanes of at least 4 members (excludes halogenated alkanes) is 1. The molecule has 1 aromatic heterocycles. The van der Waals surface area contributed by atoms with Gasteiger partial charge < -0.3 is 19.5 Å². The SMILES string of the molecule is CCCCN(C)C(=O)Cn1c(CCNC(=O)COc2ccc(Cl)cc2)nc2ccccc21. The van der Waals surface area contributed by atoms with E-state index in [1.54, 1.807) is 29.2 Å². The lowest BCUT2D eigenvalue weighted by atomic mass is 10.3. The number of benzene rings is 2. The largest absolute Gasteiger partial charge is 0.484 e. The number of carbonyl (C=O) groups is 2. The summed E-state index contributed by atoms with van der Waals surface area (Å²) < 4.78 is 7.41. The smallest absolute Gasteiger partial charge is 0.257 e. The average Bonchev–Trinajstić information content (AvgIpc) is 3.14. The summed E-state index contributed by atoms with van der Waals surface area (Å²) >= 11 is 5.85. The molecule has 7 nitrogen and oxygen atoms in total. The molecule has 0 saturated carbocycles. The Labute approximate surface area is 193 Å². The van der Waals surface area contributed by atoms with Gasteiger partial charge in [-0.2, -0.15) is 0 Å². The Morgan fingerprint density at radius 2 is 1.91 bits per heavy atom. The van der Waals surface area contributed by atoms with Gasteiger partial charge in [0.25, 0.3) is 5.91 Å². The van der Waals surface area contributed by atoms with Crippen LogP contribution in [0.5, 0.6) is 5.75 Å². The normalized spacial score (nSPS) is 10.8. The van der Waals surface area contributed by atoms with Crippen molar-refractivity contribution in [3.63, 3.8) is 0 Å². The molecule has 32 heavy (non-hydrogen) atoms. The Morgan fingerprint density at radius 3 is 2.66 bits per heavy atom. The van der Waals surface area contributed by atoms with Crippen LogP contribution in [0.2, 0.25) is 5.02 Å². The van der Waals surface area contributed by atoms with E-state index in [2.05, 4.69) is 17.2 Å². The molecule has 0 aliphatic rings. The predicted molar refractivity (Wildman–Crippen MR) is 126 cm³/mol. The molecule has 3 rings (SSSR count). The lowest BCUT2D eigenvalue weighted by Crippen LogP contribution is -2.33. The first-order chi connectivity index (χ1) is 15.5. The number of amides is 2. The molecule has 1 N–H and O–H groups in total. The van der Waals surface area contributed by atoms with Crippen LogP contribution < -0.4 is 10.1 Å². The van der Waals surface area contributed by atoms with Crippen LogP contribution in [0.4, 0.5) is 0 Å². The van der Waals surface area contributed by atoms with E-state index in [1.165, 1.54) is 0 Å². The number of carbonyl (C=O) groups excluding carboxylic acids is 2. The number of hydrogen-bond acceptors (Lipinski definition) is 4. The minimum absolute atomic E-state index is 0.0447. The number of fused-ring (bicyclic) bond motifs is 1. The van der Waals surface area contributed by atoms with Crippen LogP contribution >= 0.6 is 11.6 Å². The number of rotatable bonds is 11. The first kappa shape index (κ1) is 23.6. The molecular formula is C24H29ClN4O3. The van der Waals surface area contributed by atoms with Crippen molar-refractivity contribution in [2.75, 3.05) is 26.7 Å². The van der Waals surface area contributed by atoms with Gasteiger partial charge in [0.15, 0.2) is 6.61 Å². The number of aromatic nitrogens is 2. The van der Waals surface area contributed by atoms with E-state index in [-0.39, 0.29) is 25.0 Å². The third kappa shape index (κ3) is 6.47. The van der Waals surface area contributed by atoms with Crippen molar-refractivity contribution in [3.8, 4) is 5.75 Å². The van der Waals surface area contributed by atoms with Crippen molar-refractivity contribution >= 4 is 34.4 Å². The number of halogens is 1. The van der Waals surface area contributed by atoms with E-state index in [4.69, 9.17) is 16.3 Å². The molecule has 3 aromatic rings. The number of hydrogen-bond donors (Lipinski definition) is 1. The number of nitrogens with one attached hydrogen (secondary N) is 1. The lowest BCUT2D eigenvalue weighted by Gasteiger charge is -2.18. The zero-order valence-corrected chi connectivity index (χ0v) is 19.3. The molecule has 1 heterocycles. The molecule has 0 aliphatic heterocycles. The summed E-state index contributed by atoms with van der Waals surface area (Å²) in [4.78, 5) is 31.3. The second kappa shape index (κ2) is 11.5. The first-order valence-electron chi connectivity index (χ1n) is 10.8. The van der Waals surface area contributed by atoms with Crippen molar-refractivity contribution in [2.24, 2.45) is 0 Å². The van der Waals surface area contributed by atoms with Crippen LogP contribution in [0.3, 0.4) is 0 Å². The maximum absolute atomic E-state index is 12.7. The van der Waals surface area contributed by atoms with Crippen LogP contribution in [0, 0.1) is 0 Å². The molecule has 0 atom stereocenters. The molecule has 0 radical (unpaired) electrons. The summed E-state index contributed by atoms with van der Waals surface area (Å²) in [7, 11) is 1.83. The van der Waals surface area contributed by atoms with Crippen molar-refractivity contribution < 1.29 is 14.3 Å². The number of likely N-dealkylation sites (N-methyl/N-ethyl adjacent to an activating group) is 1. The molecule has 2 amide bonds. The van der Waals surface area contributed by atoms with E-state index in [9.17, 15) is 9.59 Å². The molecule has 0 bridgehead atoms. The zero-order chi connectivity index (χ0) is 22.9. The fourth-order valence-electron chi connectivity index (χ4n) is 3.31. The highest BCUT2D eigenvalue weighted by molar-refractivity contribution is 6.30. The second-order valence-electron chi connectivity index (χ2n) is 7.61. The van der Waals surface area contributed by atoms with Crippen LogP contribution in [0.25, 0.3) is 11.0 Å². The second-order valence-corrected chi connectivity index (χ2v) is 8.05. The molecule has 0 fully saturated rings. The van der Waals surface area contributed by atoms with Gasteiger partial charge in [-0.1, -0.05) is 37.1 Å². The molecule has 0 saturated heterocycles. The predicted octanol–water partition coefficient (Wildman–Crippen LogP) is 3.69. The Kier molecular flexibility index (Phi) is 8.50. The van der Waals surface area contributed by atoms with Crippen molar-refractivity contribution in [1.29, 1.82) is 0 Å². The fraction of sp³-hybridized carbons (Fsp3) is 0.375. The van der Waals surface area contributed by atoms with Crippen molar-refractivity contribution in [1.82, 2.24) is 19.8 Å². The third-order valence-electron chi connectivity index (χ3n) is 5.15. The number of imidazole rings is 1. The number of para-hydroxylation sites is 2. The molecule has 8 heteroatoms. The van der Waals surface area contributed by atoms with Gasteiger partial charge in [-0.3, -0.25) is 9.59 Å². The van der Waals surface area contributed by atoms with E-state index in [0.717, 1.165) is 36.2 Å². The molecule has 170 valence electrons. The van der Waals surface area contributed by atoms with Gasteiger partial charge in [0, 0.05) is 31.6 Å². The van der Waals surface area contributed by atoms with Gasteiger partial charge in [0.1, 0.15) is 18.1 Å². The van der Waals surface area contributed by atoms with Crippen molar-refractivity contribution in [3.05, 3.63) is 59.4 Å². The molecule has 0 aliphatic carbocycles. The quantitative estimate of drug-likeness (QED) is 0.477. The lowest BCUT2D eigenvalue weighted by molar-refractivity contribution is -0.130.